The Bertz CT molecular complexity index is 467. The molecule has 5 nitrogen and oxygen atoms in total. The third-order valence-corrected chi connectivity index (χ3v) is 6.43. The lowest BCUT2D eigenvalue weighted by molar-refractivity contribution is -0.0370. The van der Waals surface area contributed by atoms with E-state index in [1.165, 1.54) is 58.2 Å². The minimum atomic E-state index is 0.367. The molecule has 0 radical (unpaired) electrons. The van der Waals surface area contributed by atoms with Crippen LogP contribution in [-0.2, 0) is 4.74 Å². The van der Waals surface area contributed by atoms with Crippen molar-refractivity contribution < 1.29 is 4.74 Å². The Labute approximate surface area is 166 Å². The summed E-state index contributed by atoms with van der Waals surface area (Å²) >= 11 is 0. The third kappa shape index (κ3) is 6.08. The number of rotatable bonds is 5. The van der Waals surface area contributed by atoms with Crippen LogP contribution in [0.5, 0.6) is 0 Å². The number of aliphatic imine (C=N–C) groups is 1. The zero-order valence-electron chi connectivity index (χ0n) is 18.0. The van der Waals surface area contributed by atoms with E-state index in [4.69, 9.17) is 9.73 Å². The fourth-order valence-corrected chi connectivity index (χ4v) is 5.24. The quantitative estimate of drug-likeness (QED) is 0.589. The van der Waals surface area contributed by atoms with Gasteiger partial charge in [-0.2, -0.15) is 0 Å². The summed E-state index contributed by atoms with van der Waals surface area (Å²) in [6.45, 7) is 16.6. The molecule has 3 aliphatic rings. The molecule has 3 aliphatic heterocycles. The zero-order chi connectivity index (χ0) is 19.1. The lowest BCUT2D eigenvalue weighted by Crippen LogP contribution is -2.53. The van der Waals surface area contributed by atoms with Gasteiger partial charge in [-0.25, -0.2) is 0 Å². The highest BCUT2D eigenvalue weighted by Crippen LogP contribution is 2.37. The normalized spacial score (nSPS) is 30.9. The van der Waals surface area contributed by atoms with Gasteiger partial charge in [0.15, 0.2) is 5.96 Å². The highest BCUT2D eigenvalue weighted by Gasteiger charge is 2.38. The van der Waals surface area contributed by atoms with Crippen LogP contribution in [0.1, 0.15) is 59.3 Å². The van der Waals surface area contributed by atoms with Crippen LogP contribution < -0.4 is 5.32 Å². The molecule has 156 valence electrons. The predicted octanol–water partition coefficient (Wildman–Crippen LogP) is 3.21. The fraction of sp³-hybridized carbons (Fsp3) is 0.955. The van der Waals surface area contributed by atoms with Crippen molar-refractivity contribution in [1.82, 2.24) is 15.1 Å². The van der Waals surface area contributed by atoms with Gasteiger partial charge in [0.2, 0.25) is 0 Å². The molecule has 1 N–H and O–H groups in total. The van der Waals surface area contributed by atoms with Crippen LogP contribution >= 0.6 is 0 Å². The smallest absolute Gasteiger partial charge is 0.193 e. The van der Waals surface area contributed by atoms with Crippen molar-refractivity contribution in [2.45, 2.75) is 59.3 Å². The topological polar surface area (TPSA) is 40.1 Å². The molecule has 3 fully saturated rings. The van der Waals surface area contributed by atoms with E-state index < -0.39 is 0 Å². The minimum Gasteiger partial charge on any atom is -0.381 e. The van der Waals surface area contributed by atoms with E-state index in [9.17, 15) is 0 Å². The van der Waals surface area contributed by atoms with E-state index in [-0.39, 0.29) is 0 Å². The largest absolute Gasteiger partial charge is 0.381 e. The molecule has 0 aromatic rings. The Balaban J connectivity index is 1.58. The Morgan fingerprint density at radius 1 is 1.22 bits per heavy atom. The number of ether oxygens (including phenoxy) is 1. The molecule has 0 amide bonds. The standard InChI is InChI=1S/C22H42N4O/c1-4-23-21(24-14-20-8-5-11-25(16-20)15-19(2)3)26-12-6-9-22(17-26)10-7-13-27-18-22/h19-20H,4-18H2,1-3H3,(H,23,24). The van der Waals surface area contributed by atoms with Crippen LogP contribution in [0.25, 0.3) is 0 Å². The van der Waals surface area contributed by atoms with Crippen molar-refractivity contribution in [1.29, 1.82) is 0 Å². The van der Waals surface area contributed by atoms with E-state index in [1.807, 2.05) is 0 Å². The molecule has 0 aliphatic carbocycles. The number of hydrogen-bond acceptors (Lipinski definition) is 3. The average molecular weight is 379 g/mol. The average Bonchev–Trinajstić information content (AvgIpc) is 2.65. The second kappa shape index (κ2) is 10.1. The van der Waals surface area contributed by atoms with Crippen molar-refractivity contribution in [3.05, 3.63) is 0 Å². The summed E-state index contributed by atoms with van der Waals surface area (Å²) in [5, 5.41) is 3.58. The lowest BCUT2D eigenvalue weighted by atomic mass is 9.76. The SMILES string of the molecule is CCNC(=NCC1CCCN(CC(C)C)C1)N1CCCC2(CCCOC2)C1. The Morgan fingerprint density at radius 3 is 2.81 bits per heavy atom. The highest BCUT2D eigenvalue weighted by atomic mass is 16.5. The number of guanidine groups is 1. The summed E-state index contributed by atoms with van der Waals surface area (Å²) in [5.41, 5.74) is 0.367. The van der Waals surface area contributed by atoms with Crippen molar-refractivity contribution >= 4 is 5.96 Å². The lowest BCUT2D eigenvalue weighted by Gasteiger charge is -2.45. The van der Waals surface area contributed by atoms with Crippen LogP contribution in [0.4, 0.5) is 0 Å². The molecule has 27 heavy (non-hydrogen) atoms. The third-order valence-electron chi connectivity index (χ3n) is 6.43. The monoisotopic (exact) mass is 378 g/mol. The van der Waals surface area contributed by atoms with Gasteiger partial charge >= 0.3 is 0 Å². The Morgan fingerprint density at radius 2 is 2.07 bits per heavy atom. The van der Waals surface area contributed by atoms with E-state index in [0.29, 0.717) is 11.3 Å². The number of nitrogens with zero attached hydrogens (tertiary/aromatic N) is 3. The summed E-state index contributed by atoms with van der Waals surface area (Å²) in [6.07, 6.45) is 7.77. The molecule has 0 bridgehead atoms. The molecule has 3 saturated heterocycles. The van der Waals surface area contributed by atoms with Gasteiger partial charge in [0.25, 0.3) is 0 Å². The van der Waals surface area contributed by atoms with Gasteiger partial charge in [0, 0.05) is 51.3 Å². The summed E-state index contributed by atoms with van der Waals surface area (Å²) in [5.74, 6) is 2.61. The first kappa shape index (κ1) is 20.9. The van der Waals surface area contributed by atoms with Crippen molar-refractivity contribution in [3.63, 3.8) is 0 Å². The number of piperidine rings is 2. The van der Waals surface area contributed by atoms with Crippen LogP contribution in [0, 0.1) is 17.3 Å². The zero-order valence-corrected chi connectivity index (χ0v) is 18.0. The summed E-state index contributed by atoms with van der Waals surface area (Å²) < 4.78 is 5.86. The van der Waals surface area contributed by atoms with E-state index in [0.717, 1.165) is 51.3 Å². The van der Waals surface area contributed by atoms with Crippen LogP contribution in [0.15, 0.2) is 4.99 Å². The maximum Gasteiger partial charge on any atom is 0.193 e. The Kier molecular flexibility index (Phi) is 7.83. The number of nitrogens with one attached hydrogen (secondary N) is 1. The molecule has 0 aromatic carbocycles. The number of hydrogen-bond donors (Lipinski definition) is 1. The van der Waals surface area contributed by atoms with Gasteiger partial charge in [-0.1, -0.05) is 13.8 Å². The van der Waals surface area contributed by atoms with Crippen molar-refractivity contribution in [3.8, 4) is 0 Å². The first-order valence-electron chi connectivity index (χ1n) is 11.4. The first-order valence-corrected chi connectivity index (χ1v) is 11.4. The van der Waals surface area contributed by atoms with Gasteiger partial charge < -0.3 is 19.9 Å². The maximum absolute atomic E-state index is 5.86. The van der Waals surface area contributed by atoms with Crippen LogP contribution in [-0.4, -0.2) is 74.8 Å². The second-order valence-corrected chi connectivity index (χ2v) is 9.54. The van der Waals surface area contributed by atoms with Gasteiger partial charge in [0.1, 0.15) is 0 Å². The molecule has 3 heterocycles. The van der Waals surface area contributed by atoms with Crippen molar-refractivity contribution in [2.75, 3.05) is 59.0 Å². The highest BCUT2D eigenvalue weighted by molar-refractivity contribution is 5.80. The summed E-state index contributed by atoms with van der Waals surface area (Å²) in [7, 11) is 0. The molecule has 5 heteroatoms. The van der Waals surface area contributed by atoms with Crippen LogP contribution in [0.2, 0.25) is 0 Å². The van der Waals surface area contributed by atoms with E-state index in [1.54, 1.807) is 0 Å². The fourth-order valence-electron chi connectivity index (χ4n) is 5.24. The van der Waals surface area contributed by atoms with Gasteiger partial charge in [-0.3, -0.25) is 4.99 Å². The Hall–Kier alpha value is -0.810. The summed E-state index contributed by atoms with van der Waals surface area (Å²) in [6, 6.07) is 0. The first-order chi connectivity index (χ1) is 13.1. The second-order valence-electron chi connectivity index (χ2n) is 9.54. The molecule has 1 spiro atoms. The minimum absolute atomic E-state index is 0.367. The van der Waals surface area contributed by atoms with Gasteiger partial charge in [0.05, 0.1) is 6.61 Å². The van der Waals surface area contributed by atoms with Crippen LogP contribution in [0.3, 0.4) is 0 Å². The molecule has 0 saturated carbocycles. The molecular weight excluding hydrogens is 336 g/mol. The maximum atomic E-state index is 5.86. The van der Waals surface area contributed by atoms with E-state index >= 15 is 0 Å². The van der Waals surface area contributed by atoms with Crippen molar-refractivity contribution in [2.24, 2.45) is 22.2 Å². The molecule has 2 atom stereocenters. The molecule has 2 unspecified atom stereocenters. The predicted molar refractivity (Wildman–Crippen MR) is 113 cm³/mol. The summed E-state index contributed by atoms with van der Waals surface area (Å²) in [4.78, 5) is 10.3. The molecule has 0 aromatic heterocycles. The molecule has 3 rings (SSSR count). The number of likely N-dealkylation sites (tertiary alicyclic amines) is 2. The van der Waals surface area contributed by atoms with E-state index in [2.05, 4.69) is 35.9 Å². The van der Waals surface area contributed by atoms with Gasteiger partial charge in [-0.05, 0) is 63.8 Å². The van der Waals surface area contributed by atoms with Gasteiger partial charge in [-0.15, -0.1) is 0 Å². The molecular formula is C22H42N4O.